The van der Waals surface area contributed by atoms with Crippen LogP contribution in [0.2, 0.25) is 5.02 Å². The van der Waals surface area contributed by atoms with Crippen molar-refractivity contribution < 1.29 is 14.2 Å². The third-order valence-electron chi connectivity index (χ3n) is 4.18. The normalized spacial score (nSPS) is 34.1. The zero-order valence-electron chi connectivity index (χ0n) is 10.5. The van der Waals surface area contributed by atoms with E-state index >= 15 is 0 Å². The SMILES string of the molecule is O[C@@H]1C[C@H]2CNC[C@H]2C[C@H]1Oc1cccc(Cl)c1F. The number of ether oxygens (including phenoxy) is 1. The number of aliphatic hydroxyl groups excluding tert-OH is 1. The molecular weight excluding hydrogens is 269 g/mol. The molecule has 0 bridgehead atoms. The van der Waals surface area contributed by atoms with Crippen LogP contribution >= 0.6 is 11.6 Å². The second-order valence-corrected chi connectivity index (χ2v) is 5.83. The summed E-state index contributed by atoms with van der Waals surface area (Å²) in [6.07, 6.45) is 0.573. The predicted molar refractivity (Wildman–Crippen MR) is 70.9 cm³/mol. The third kappa shape index (κ3) is 2.57. The molecule has 5 heteroatoms. The summed E-state index contributed by atoms with van der Waals surface area (Å²) in [4.78, 5) is 0. The molecule has 2 N–H and O–H groups in total. The van der Waals surface area contributed by atoms with Gasteiger partial charge in [-0.2, -0.15) is 0 Å². The first-order valence-corrected chi connectivity index (χ1v) is 7.02. The Morgan fingerprint density at radius 3 is 2.79 bits per heavy atom. The van der Waals surface area contributed by atoms with Gasteiger partial charge in [0.2, 0.25) is 0 Å². The Kier molecular flexibility index (Phi) is 3.65. The predicted octanol–water partition coefficient (Wildman–Crippen LogP) is 2.22. The minimum absolute atomic E-state index is 0.0446. The highest BCUT2D eigenvalue weighted by atomic mass is 35.5. The van der Waals surface area contributed by atoms with Crippen LogP contribution in [-0.4, -0.2) is 30.4 Å². The number of hydrogen-bond acceptors (Lipinski definition) is 3. The lowest BCUT2D eigenvalue weighted by atomic mass is 9.78. The summed E-state index contributed by atoms with van der Waals surface area (Å²) < 4.78 is 19.5. The first-order chi connectivity index (χ1) is 9.15. The van der Waals surface area contributed by atoms with Crippen molar-refractivity contribution >= 4 is 11.6 Å². The fourth-order valence-electron chi connectivity index (χ4n) is 3.12. The van der Waals surface area contributed by atoms with E-state index in [4.69, 9.17) is 16.3 Å². The van der Waals surface area contributed by atoms with Crippen LogP contribution in [0, 0.1) is 17.7 Å². The minimum Gasteiger partial charge on any atom is -0.485 e. The van der Waals surface area contributed by atoms with E-state index in [1.54, 1.807) is 12.1 Å². The van der Waals surface area contributed by atoms with Crippen molar-refractivity contribution in [3.8, 4) is 5.75 Å². The first kappa shape index (κ1) is 13.2. The molecule has 3 nitrogen and oxygen atoms in total. The lowest BCUT2D eigenvalue weighted by molar-refractivity contribution is -0.0246. The molecule has 0 spiro atoms. The van der Waals surface area contributed by atoms with E-state index in [-0.39, 0.29) is 16.9 Å². The summed E-state index contributed by atoms with van der Waals surface area (Å²) >= 11 is 5.73. The number of hydrogen-bond donors (Lipinski definition) is 2. The maximum Gasteiger partial charge on any atom is 0.183 e. The van der Waals surface area contributed by atoms with Crippen molar-refractivity contribution in [2.75, 3.05) is 13.1 Å². The van der Waals surface area contributed by atoms with Gasteiger partial charge in [-0.3, -0.25) is 0 Å². The molecule has 2 aliphatic rings. The maximum absolute atomic E-state index is 13.8. The fraction of sp³-hybridized carbons (Fsp3) is 0.571. The van der Waals surface area contributed by atoms with Gasteiger partial charge >= 0.3 is 0 Å². The van der Waals surface area contributed by atoms with Crippen LogP contribution in [0.1, 0.15) is 12.8 Å². The van der Waals surface area contributed by atoms with Gasteiger partial charge in [-0.1, -0.05) is 17.7 Å². The van der Waals surface area contributed by atoms with Crippen molar-refractivity contribution in [2.24, 2.45) is 11.8 Å². The van der Waals surface area contributed by atoms with Gasteiger partial charge in [-0.05, 0) is 49.9 Å². The molecule has 1 aliphatic heterocycles. The summed E-state index contributed by atoms with van der Waals surface area (Å²) in [7, 11) is 0. The highest BCUT2D eigenvalue weighted by Crippen LogP contribution is 2.35. The highest BCUT2D eigenvalue weighted by molar-refractivity contribution is 6.30. The average Bonchev–Trinajstić information content (AvgIpc) is 2.82. The van der Waals surface area contributed by atoms with Crippen molar-refractivity contribution in [3.05, 3.63) is 29.0 Å². The largest absolute Gasteiger partial charge is 0.485 e. The summed E-state index contributed by atoms with van der Waals surface area (Å²) in [5.41, 5.74) is 0. The third-order valence-corrected chi connectivity index (χ3v) is 4.47. The Bertz CT molecular complexity index is 471. The molecular formula is C14H17ClFNO2. The first-order valence-electron chi connectivity index (χ1n) is 6.64. The number of nitrogens with one attached hydrogen (secondary N) is 1. The molecule has 0 aromatic heterocycles. The van der Waals surface area contributed by atoms with E-state index in [1.165, 1.54) is 6.07 Å². The van der Waals surface area contributed by atoms with Crippen molar-refractivity contribution in [2.45, 2.75) is 25.0 Å². The number of rotatable bonds is 2. The van der Waals surface area contributed by atoms with E-state index in [2.05, 4.69) is 5.32 Å². The van der Waals surface area contributed by atoms with Gasteiger partial charge in [-0.25, -0.2) is 4.39 Å². The van der Waals surface area contributed by atoms with E-state index < -0.39 is 11.9 Å². The Hall–Kier alpha value is -0.840. The Balaban J connectivity index is 1.73. The topological polar surface area (TPSA) is 41.5 Å². The van der Waals surface area contributed by atoms with Gasteiger partial charge in [0.05, 0.1) is 11.1 Å². The van der Waals surface area contributed by atoms with E-state index in [1.807, 2.05) is 0 Å². The molecule has 1 aliphatic carbocycles. The summed E-state index contributed by atoms with van der Waals surface area (Å²) in [5.74, 6) is 0.596. The molecule has 0 radical (unpaired) electrons. The smallest absolute Gasteiger partial charge is 0.183 e. The van der Waals surface area contributed by atoms with Crippen LogP contribution in [0.15, 0.2) is 18.2 Å². The van der Waals surface area contributed by atoms with Crippen LogP contribution < -0.4 is 10.1 Å². The average molecular weight is 286 g/mol. The number of benzene rings is 1. The summed E-state index contributed by atoms with van der Waals surface area (Å²) in [6.45, 7) is 1.91. The molecule has 3 rings (SSSR count). The second-order valence-electron chi connectivity index (χ2n) is 5.43. The monoisotopic (exact) mass is 285 g/mol. The van der Waals surface area contributed by atoms with E-state index in [0.29, 0.717) is 18.3 Å². The molecule has 1 saturated carbocycles. The molecule has 1 saturated heterocycles. The van der Waals surface area contributed by atoms with Crippen molar-refractivity contribution in [1.82, 2.24) is 5.32 Å². The Labute approximate surface area is 116 Å². The van der Waals surface area contributed by atoms with Crippen molar-refractivity contribution in [1.29, 1.82) is 0 Å². The standard InChI is InChI=1S/C14H17ClFNO2/c15-10-2-1-3-12(14(10)16)19-13-5-9-7-17-6-8(9)4-11(13)18/h1-3,8-9,11,13,17-18H,4-7H2/t8-,9+,11+,13+/m0/s1. The van der Waals surface area contributed by atoms with Gasteiger partial charge in [-0.15, -0.1) is 0 Å². The van der Waals surface area contributed by atoms with Crippen LogP contribution in [0.3, 0.4) is 0 Å². The Morgan fingerprint density at radius 1 is 1.26 bits per heavy atom. The zero-order chi connectivity index (χ0) is 13.4. The van der Waals surface area contributed by atoms with Gasteiger partial charge in [0.15, 0.2) is 11.6 Å². The molecule has 4 atom stereocenters. The lowest BCUT2D eigenvalue weighted by Gasteiger charge is -2.35. The van der Waals surface area contributed by atoms with E-state index in [9.17, 15) is 9.50 Å². The fourth-order valence-corrected chi connectivity index (χ4v) is 3.29. The molecule has 1 heterocycles. The molecule has 1 aromatic rings. The zero-order valence-corrected chi connectivity index (χ0v) is 11.2. The maximum atomic E-state index is 13.8. The van der Waals surface area contributed by atoms with Crippen LogP contribution in [-0.2, 0) is 0 Å². The van der Waals surface area contributed by atoms with Gasteiger partial charge in [0, 0.05) is 0 Å². The van der Waals surface area contributed by atoms with E-state index in [0.717, 1.165) is 19.5 Å². The Morgan fingerprint density at radius 2 is 2.00 bits per heavy atom. The molecule has 1 aromatic carbocycles. The van der Waals surface area contributed by atoms with Gasteiger partial charge in [0.25, 0.3) is 0 Å². The number of aliphatic hydroxyl groups is 1. The highest BCUT2D eigenvalue weighted by Gasteiger charge is 2.40. The molecule has 0 unspecified atom stereocenters. The molecule has 2 fully saturated rings. The van der Waals surface area contributed by atoms with Gasteiger partial charge < -0.3 is 15.2 Å². The molecule has 0 amide bonds. The summed E-state index contributed by atoms with van der Waals surface area (Å²) in [5, 5.41) is 13.5. The van der Waals surface area contributed by atoms with Crippen LogP contribution in [0.5, 0.6) is 5.75 Å². The van der Waals surface area contributed by atoms with Gasteiger partial charge in [0.1, 0.15) is 6.10 Å². The number of halogens is 2. The van der Waals surface area contributed by atoms with Crippen molar-refractivity contribution in [3.63, 3.8) is 0 Å². The van der Waals surface area contributed by atoms with Crippen LogP contribution in [0.25, 0.3) is 0 Å². The second kappa shape index (κ2) is 5.27. The number of fused-ring (bicyclic) bond motifs is 1. The molecule has 19 heavy (non-hydrogen) atoms. The summed E-state index contributed by atoms with van der Waals surface area (Å²) in [6, 6.07) is 4.68. The quantitative estimate of drug-likeness (QED) is 0.875. The minimum atomic E-state index is -0.553. The lowest BCUT2D eigenvalue weighted by Crippen LogP contribution is -2.42. The van der Waals surface area contributed by atoms with Crippen LogP contribution in [0.4, 0.5) is 4.39 Å². The molecule has 104 valence electrons.